The fraction of sp³-hybridized carbons (Fsp3) is 0.275. The van der Waals surface area contributed by atoms with Crippen LogP contribution in [0.5, 0.6) is 0 Å². The van der Waals surface area contributed by atoms with Gasteiger partial charge in [-0.05, 0) is 150 Å². The first kappa shape index (κ1) is 44.6. The van der Waals surface area contributed by atoms with Gasteiger partial charge in [-0.3, -0.25) is 0 Å². The second-order valence-corrected chi connectivity index (χ2v) is 25.9. The van der Waals surface area contributed by atoms with Gasteiger partial charge in [-0.25, -0.2) is 0 Å². The summed E-state index contributed by atoms with van der Waals surface area (Å²) in [5.41, 5.74) is 26.9. The quantitative estimate of drug-likeness (QED) is 0.165. The minimum absolute atomic E-state index is 0.00604. The minimum Gasteiger partial charge on any atom is -0.455 e. The second kappa shape index (κ2) is 14.6. The molecule has 0 fully saturated rings. The molecule has 0 saturated carbocycles. The van der Waals surface area contributed by atoms with E-state index in [0.717, 1.165) is 46.3 Å². The zero-order valence-corrected chi connectivity index (χ0v) is 44.7. The molecular weight excluding hydrogens is 884 g/mol. The number of rotatable bonds is 3. The van der Waals surface area contributed by atoms with Crippen molar-refractivity contribution in [2.24, 2.45) is 0 Å². The molecule has 14 rings (SSSR count). The van der Waals surface area contributed by atoms with Gasteiger partial charge in [0.25, 0.3) is 0 Å². The van der Waals surface area contributed by atoms with Crippen molar-refractivity contribution >= 4 is 61.9 Å². The van der Waals surface area contributed by atoms with Crippen molar-refractivity contribution in [1.82, 2.24) is 4.57 Å². The van der Waals surface area contributed by atoms with E-state index < -0.39 is 0 Å². The number of hydrogen-bond donors (Lipinski definition) is 0. The fourth-order valence-electron chi connectivity index (χ4n) is 14.1. The Labute approximate surface area is 432 Å². The molecule has 0 saturated heterocycles. The maximum Gasteiger partial charge on any atom is 0.333 e. The first-order chi connectivity index (χ1) is 34.7. The monoisotopic (exact) mass is 949 g/mol. The molecule has 3 nitrogen and oxygen atoms in total. The van der Waals surface area contributed by atoms with Crippen LogP contribution < -0.4 is 15.7 Å². The molecule has 0 spiro atoms. The molecule has 4 aliphatic rings. The van der Waals surface area contributed by atoms with E-state index in [-0.39, 0.29) is 33.9 Å². The normalized spacial score (nSPS) is 16.7. The number of benzene rings is 8. The molecule has 4 heterocycles. The van der Waals surface area contributed by atoms with Gasteiger partial charge < -0.3 is 13.8 Å². The highest BCUT2D eigenvalue weighted by atomic mass is 16.3. The zero-order valence-electron chi connectivity index (χ0n) is 44.7. The lowest BCUT2D eigenvalue weighted by Gasteiger charge is -2.47. The molecule has 8 aromatic carbocycles. The lowest BCUT2D eigenvalue weighted by atomic mass is 9.43. The lowest BCUT2D eigenvalue weighted by Crippen LogP contribution is -2.61. The summed E-state index contributed by atoms with van der Waals surface area (Å²) in [6.45, 7) is 28.8. The number of fused-ring (bicyclic) bond motifs is 15. The smallest absolute Gasteiger partial charge is 0.333 e. The van der Waals surface area contributed by atoms with E-state index in [1.807, 2.05) is 0 Å². The van der Waals surface area contributed by atoms with Crippen LogP contribution in [0.1, 0.15) is 129 Å². The van der Waals surface area contributed by atoms with Crippen LogP contribution in [0.25, 0.3) is 83.2 Å². The van der Waals surface area contributed by atoms with Gasteiger partial charge in [0.05, 0.1) is 11.0 Å². The Kier molecular flexibility index (Phi) is 8.92. The van der Waals surface area contributed by atoms with E-state index >= 15 is 0 Å². The van der Waals surface area contributed by atoms with Crippen molar-refractivity contribution in [3.8, 4) is 50.4 Å². The van der Waals surface area contributed by atoms with E-state index in [0.29, 0.717) is 0 Å². The topological polar surface area (TPSA) is 21.3 Å². The molecular formula is C69H65BN2O. The van der Waals surface area contributed by atoms with Gasteiger partial charge in [-0.15, -0.1) is 0 Å². The summed E-state index contributed by atoms with van der Waals surface area (Å²) in [7, 11) is 0. The maximum atomic E-state index is 7.34. The fourth-order valence-corrected chi connectivity index (χ4v) is 14.1. The predicted molar refractivity (Wildman–Crippen MR) is 311 cm³/mol. The van der Waals surface area contributed by atoms with Gasteiger partial charge in [-0.1, -0.05) is 186 Å². The average Bonchev–Trinajstić information content (AvgIpc) is 4.02. The first-order valence-corrected chi connectivity index (χ1v) is 26.8. The summed E-state index contributed by atoms with van der Waals surface area (Å²) in [6, 6.07) is 58.3. The van der Waals surface area contributed by atoms with E-state index in [4.69, 9.17) is 4.42 Å². The molecule has 2 aliphatic heterocycles. The van der Waals surface area contributed by atoms with E-state index in [1.54, 1.807) is 0 Å². The number of hydrogen-bond acceptors (Lipinski definition) is 2. The average molecular weight is 949 g/mol. The summed E-state index contributed by atoms with van der Waals surface area (Å²) in [6.07, 6.45) is 2.30. The summed E-state index contributed by atoms with van der Waals surface area (Å²) in [4.78, 5) is 2.76. The molecule has 73 heavy (non-hydrogen) atoms. The van der Waals surface area contributed by atoms with Gasteiger partial charge in [0.2, 0.25) is 0 Å². The number of aromatic nitrogens is 1. The number of furan rings is 1. The number of anilines is 2. The zero-order chi connectivity index (χ0) is 50.5. The first-order valence-electron chi connectivity index (χ1n) is 26.8. The van der Waals surface area contributed by atoms with Gasteiger partial charge in [0.15, 0.2) is 0 Å². The second-order valence-electron chi connectivity index (χ2n) is 25.9. The third-order valence-corrected chi connectivity index (χ3v) is 18.1. The Morgan fingerprint density at radius 3 is 1.81 bits per heavy atom. The predicted octanol–water partition coefficient (Wildman–Crippen LogP) is 17.4. The van der Waals surface area contributed by atoms with Gasteiger partial charge in [0, 0.05) is 55.3 Å². The molecule has 0 N–H and O–H groups in total. The van der Waals surface area contributed by atoms with Crippen molar-refractivity contribution < 1.29 is 4.42 Å². The van der Waals surface area contributed by atoms with Crippen molar-refractivity contribution in [3.05, 3.63) is 185 Å². The molecule has 0 radical (unpaired) electrons. The maximum absolute atomic E-state index is 7.34. The van der Waals surface area contributed by atoms with Crippen LogP contribution in [0.2, 0.25) is 0 Å². The Balaban J connectivity index is 1.23. The summed E-state index contributed by atoms with van der Waals surface area (Å²) < 4.78 is 10.0. The summed E-state index contributed by atoms with van der Waals surface area (Å²) >= 11 is 0. The van der Waals surface area contributed by atoms with E-state index in [1.165, 1.54) is 105 Å². The third-order valence-electron chi connectivity index (χ3n) is 18.1. The van der Waals surface area contributed by atoms with Crippen LogP contribution >= 0.6 is 0 Å². The highest BCUT2D eigenvalue weighted by Crippen LogP contribution is 2.61. The van der Waals surface area contributed by atoms with Crippen LogP contribution in [-0.2, 0) is 27.1 Å². The van der Waals surface area contributed by atoms with Crippen LogP contribution in [-0.4, -0.2) is 11.4 Å². The van der Waals surface area contributed by atoms with Crippen molar-refractivity contribution in [2.45, 2.75) is 123 Å². The molecule has 0 amide bonds. The molecule has 10 aromatic rings. The molecule has 0 unspecified atom stereocenters. The highest BCUT2D eigenvalue weighted by Gasteiger charge is 2.51. The standard InChI is InChI=1S/C69H65BN2O/c1-65(2,3)42-27-30-44(31-28-42)72-54-38-51-50(67(7,8)33-34-68(51,9)10)36-47(54)59-58-45-25-19-20-26-49(45)69(11,12)61(58)60-46-35-43(66(4,5)6)29-32-53(46)71-55-37-48-56(39-52(55)70(72)62(59)63(60)71)73-64(41-23-17-14-18-24-41)57(48)40-21-15-13-16-22-40/h13-32,35-39H,33-34H2,1-12H3. The molecule has 4 heteroatoms. The number of nitrogens with zero attached hydrogens (tertiary/aromatic N) is 2. The van der Waals surface area contributed by atoms with Crippen LogP contribution in [0.4, 0.5) is 11.4 Å². The van der Waals surface area contributed by atoms with Crippen LogP contribution in [0.3, 0.4) is 0 Å². The largest absolute Gasteiger partial charge is 0.455 e. The molecule has 0 bridgehead atoms. The van der Waals surface area contributed by atoms with Gasteiger partial charge in [0.1, 0.15) is 11.3 Å². The Morgan fingerprint density at radius 1 is 0.521 bits per heavy atom. The van der Waals surface area contributed by atoms with Crippen LogP contribution in [0, 0.1) is 0 Å². The van der Waals surface area contributed by atoms with Crippen LogP contribution in [0.15, 0.2) is 156 Å². The molecule has 0 atom stereocenters. The Morgan fingerprint density at radius 2 is 1.14 bits per heavy atom. The molecule has 360 valence electrons. The third kappa shape index (κ3) is 6.07. The van der Waals surface area contributed by atoms with Crippen molar-refractivity contribution in [2.75, 3.05) is 4.81 Å². The summed E-state index contributed by atoms with van der Waals surface area (Å²) in [5.74, 6) is 0.900. The minimum atomic E-state index is -0.275. The Bertz CT molecular complexity index is 4000. The van der Waals surface area contributed by atoms with Gasteiger partial charge >= 0.3 is 6.85 Å². The molecule has 2 aromatic heterocycles. The lowest BCUT2D eigenvalue weighted by molar-refractivity contribution is 0.332. The van der Waals surface area contributed by atoms with E-state index in [2.05, 4.69) is 244 Å². The Hall–Kier alpha value is -7.04. The van der Waals surface area contributed by atoms with Crippen molar-refractivity contribution in [1.29, 1.82) is 0 Å². The van der Waals surface area contributed by atoms with E-state index in [9.17, 15) is 0 Å². The molecule has 2 aliphatic carbocycles. The highest BCUT2D eigenvalue weighted by molar-refractivity contribution is 6.94. The van der Waals surface area contributed by atoms with Crippen molar-refractivity contribution in [3.63, 3.8) is 0 Å². The summed E-state index contributed by atoms with van der Waals surface area (Å²) in [5, 5.41) is 3.84. The SMILES string of the molecule is CC(C)(C)c1ccc(N2B3c4cc5oc(-c6ccccc6)c(-c6ccccc6)c5cc4-n4c5ccc(C(C)(C)C)cc5c5c6c(c(c3c54)-c3cc4c(cc32)C(C)(C)CCC4(C)C)-c2ccccc2C6(C)C)cc1. The van der Waals surface area contributed by atoms with Gasteiger partial charge in [-0.2, -0.15) is 0 Å².